The Kier molecular flexibility index (Phi) is 3.39. The van der Waals surface area contributed by atoms with Gasteiger partial charge in [0.15, 0.2) is 0 Å². The van der Waals surface area contributed by atoms with Crippen molar-refractivity contribution in [3.63, 3.8) is 0 Å². The number of anilines is 2. The fraction of sp³-hybridized carbons (Fsp3) is 0.333. The van der Waals surface area contributed by atoms with E-state index in [0.717, 1.165) is 13.1 Å². The molecule has 0 spiro atoms. The van der Waals surface area contributed by atoms with E-state index >= 15 is 0 Å². The molecule has 0 N–H and O–H groups in total. The molecular weight excluding hydrogens is 244 g/mol. The fourth-order valence-electron chi connectivity index (χ4n) is 3.17. The van der Waals surface area contributed by atoms with E-state index in [1.54, 1.807) is 0 Å². The van der Waals surface area contributed by atoms with Crippen LogP contribution in [-0.2, 0) is 0 Å². The molecule has 3 rings (SSSR count). The van der Waals surface area contributed by atoms with Crippen LogP contribution in [-0.4, -0.2) is 19.3 Å². The van der Waals surface area contributed by atoms with Gasteiger partial charge in [0, 0.05) is 24.5 Å². The summed E-state index contributed by atoms with van der Waals surface area (Å²) in [5.41, 5.74) is 5.42. The number of benzene rings is 2. The molecule has 1 fully saturated rings. The molecule has 0 bridgehead atoms. The van der Waals surface area contributed by atoms with Crippen LogP contribution in [0.25, 0.3) is 0 Å². The molecule has 0 amide bonds. The van der Waals surface area contributed by atoms with Crippen LogP contribution >= 0.6 is 0 Å². The van der Waals surface area contributed by atoms with E-state index in [1.165, 1.54) is 22.5 Å². The number of nitrogens with zero attached hydrogens (tertiary/aromatic N) is 2. The molecule has 0 saturated carbocycles. The number of aryl methyl sites for hydroxylation is 2. The summed E-state index contributed by atoms with van der Waals surface area (Å²) in [7, 11) is 0. The first-order valence-corrected chi connectivity index (χ1v) is 7.33. The lowest BCUT2D eigenvalue weighted by atomic mass is 10.1. The van der Waals surface area contributed by atoms with Gasteiger partial charge >= 0.3 is 0 Å². The van der Waals surface area contributed by atoms with Gasteiger partial charge in [-0.15, -0.1) is 0 Å². The molecule has 1 aliphatic rings. The Morgan fingerprint density at radius 3 is 1.55 bits per heavy atom. The summed E-state index contributed by atoms with van der Waals surface area (Å²) in [6, 6.07) is 17.3. The summed E-state index contributed by atoms with van der Waals surface area (Å²) >= 11 is 0. The molecule has 1 aliphatic heterocycles. The number of hydrogen-bond donors (Lipinski definition) is 0. The second-order valence-corrected chi connectivity index (χ2v) is 5.59. The van der Waals surface area contributed by atoms with E-state index in [2.05, 4.69) is 79.1 Å². The van der Waals surface area contributed by atoms with E-state index in [9.17, 15) is 0 Å². The molecule has 2 nitrogen and oxygen atoms in total. The van der Waals surface area contributed by atoms with Gasteiger partial charge in [-0.3, -0.25) is 0 Å². The van der Waals surface area contributed by atoms with Crippen LogP contribution in [0.4, 0.5) is 11.4 Å². The lowest BCUT2D eigenvalue weighted by molar-refractivity contribution is 0.729. The molecule has 0 aromatic heterocycles. The first-order chi connectivity index (χ1) is 9.68. The molecule has 1 heterocycles. The number of para-hydroxylation sites is 2. The molecule has 1 saturated heterocycles. The molecule has 2 aromatic rings. The van der Waals surface area contributed by atoms with Gasteiger partial charge < -0.3 is 9.80 Å². The Morgan fingerprint density at radius 2 is 1.15 bits per heavy atom. The summed E-state index contributed by atoms with van der Waals surface area (Å²) in [6.07, 6.45) is 0.400. The van der Waals surface area contributed by atoms with Gasteiger partial charge in [-0.25, -0.2) is 0 Å². The zero-order valence-electron chi connectivity index (χ0n) is 12.5. The largest absolute Gasteiger partial charge is 0.349 e. The normalized spacial score (nSPS) is 15.9. The first kappa shape index (κ1) is 13.0. The fourth-order valence-corrected chi connectivity index (χ4v) is 3.17. The maximum atomic E-state index is 2.50. The lowest BCUT2D eigenvalue weighted by Gasteiger charge is -2.31. The Labute approximate surface area is 121 Å². The Bertz CT molecular complexity index is 552. The topological polar surface area (TPSA) is 6.48 Å². The van der Waals surface area contributed by atoms with Gasteiger partial charge in [0.25, 0.3) is 0 Å². The maximum Gasteiger partial charge on any atom is 0.0988 e. The predicted octanol–water partition coefficient (Wildman–Crippen LogP) is 3.98. The highest BCUT2D eigenvalue weighted by molar-refractivity contribution is 5.61. The SMILES string of the molecule is Cc1ccccc1N1CCN(c2ccccc2C)C1C. The second kappa shape index (κ2) is 5.20. The van der Waals surface area contributed by atoms with Crippen molar-refractivity contribution in [2.24, 2.45) is 0 Å². The van der Waals surface area contributed by atoms with Gasteiger partial charge in [-0.1, -0.05) is 36.4 Å². The molecule has 0 radical (unpaired) electrons. The molecular formula is C18H22N2. The Balaban J connectivity index is 1.90. The monoisotopic (exact) mass is 266 g/mol. The molecule has 20 heavy (non-hydrogen) atoms. The number of hydrogen-bond acceptors (Lipinski definition) is 2. The molecule has 0 atom stereocenters. The standard InChI is InChI=1S/C18H22N2/c1-14-8-4-6-10-17(14)19-12-13-20(16(19)3)18-11-7-5-9-15(18)2/h4-11,16H,12-13H2,1-3H3. The lowest BCUT2D eigenvalue weighted by Crippen LogP contribution is -2.36. The third-order valence-electron chi connectivity index (χ3n) is 4.33. The maximum absolute atomic E-state index is 2.50. The van der Waals surface area contributed by atoms with Crippen molar-refractivity contribution in [3.8, 4) is 0 Å². The summed E-state index contributed by atoms with van der Waals surface area (Å²) in [6.45, 7) is 8.85. The molecule has 2 heteroatoms. The number of rotatable bonds is 2. The van der Waals surface area contributed by atoms with Crippen molar-refractivity contribution in [1.82, 2.24) is 0 Å². The van der Waals surface area contributed by atoms with Crippen LogP contribution in [0, 0.1) is 13.8 Å². The summed E-state index contributed by atoms with van der Waals surface area (Å²) in [5.74, 6) is 0. The van der Waals surface area contributed by atoms with Gasteiger partial charge in [-0.05, 0) is 44.0 Å². The van der Waals surface area contributed by atoms with Crippen LogP contribution in [0.1, 0.15) is 18.1 Å². The highest BCUT2D eigenvalue weighted by Crippen LogP contribution is 2.31. The summed E-state index contributed by atoms with van der Waals surface area (Å²) < 4.78 is 0. The van der Waals surface area contributed by atoms with Crippen LogP contribution < -0.4 is 9.80 Å². The van der Waals surface area contributed by atoms with Gasteiger partial charge in [0.05, 0.1) is 6.17 Å². The van der Waals surface area contributed by atoms with Crippen LogP contribution in [0.2, 0.25) is 0 Å². The van der Waals surface area contributed by atoms with Crippen molar-refractivity contribution in [2.75, 3.05) is 22.9 Å². The van der Waals surface area contributed by atoms with Gasteiger partial charge in [-0.2, -0.15) is 0 Å². The molecule has 2 aromatic carbocycles. The smallest absolute Gasteiger partial charge is 0.0988 e. The highest BCUT2D eigenvalue weighted by atomic mass is 15.4. The van der Waals surface area contributed by atoms with Crippen molar-refractivity contribution in [3.05, 3.63) is 59.7 Å². The third-order valence-corrected chi connectivity index (χ3v) is 4.33. The highest BCUT2D eigenvalue weighted by Gasteiger charge is 2.29. The average Bonchev–Trinajstić information content (AvgIpc) is 2.82. The van der Waals surface area contributed by atoms with Crippen LogP contribution in [0.5, 0.6) is 0 Å². The van der Waals surface area contributed by atoms with Gasteiger partial charge in [0.2, 0.25) is 0 Å². The molecule has 0 unspecified atom stereocenters. The van der Waals surface area contributed by atoms with E-state index in [-0.39, 0.29) is 0 Å². The summed E-state index contributed by atoms with van der Waals surface area (Å²) in [5, 5.41) is 0. The van der Waals surface area contributed by atoms with Crippen molar-refractivity contribution >= 4 is 11.4 Å². The minimum atomic E-state index is 0.400. The van der Waals surface area contributed by atoms with E-state index in [4.69, 9.17) is 0 Å². The van der Waals surface area contributed by atoms with Crippen molar-refractivity contribution < 1.29 is 0 Å². The van der Waals surface area contributed by atoms with E-state index in [0.29, 0.717) is 6.17 Å². The van der Waals surface area contributed by atoms with Crippen molar-refractivity contribution in [1.29, 1.82) is 0 Å². The van der Waals surface area contributed by atoms with E-state index in [1.807, 2.05) is 0 Å². The molecule has 0 aliphatic carbocycles. The quantitative estimate of drug-likeness (QED) is 0.811. The molecule has 104 valence electrons. The van der Waals surface area contributed by atoms with Gasteiger partial charge in [0.1, 0.15) is 0 Å². The van der Waals surface area contributed by atoms with Crippen LogP contribution in [0.15, 0.2) is 48.5 Å². The Morgan fingerprint density at radius 1 is 0.750 bits per heavy atom. The van der Waals surface area contributed by atoms with Crippen LogP contribution in [0.3, 0.4) is 0 Å². The second-order valence-electron chi connectivity index (χ2n) is 5.59. The van der Waals surface area contributed by atoms with Crippen molar-refractivity contribution in [2.45, 2.75) is 26.9 Å². The zero-order chi connectivity index (χ0) is 14.1. The minimum Gasteiger partial charge on any atom is -0.349 e. The Hall–Kier alpha value is -1.96. The van der Waals surface area contributed by atoms with E-state index < -0.39 is 0 Å². The zero-order valence-corrected chi connectivity index (χ0v) is 12.5. The minimum absolute atomic E-state index is 0.400. The first-order valence-electron chi connectivity index (χ1n) is 7.33. The average molecular weight is 266 g/mol. The summed E-state index contributed by atoms with van der Waals surface area (Å²) in [4.78, 5) is 5.00. The predicted molar refractivity (Wildman–Crippen MR) is 86.5 cm³/mol. The third kappa shape index (κ3) is 2.15.